The summed E-state index contributed by atoms with van der Waals surface area (Å²) in [5.74, 6) is -0.267. The number of carbonyl (C=O) groups is 1. The van der Waals surface area contributed by atoms with Gasteiger partial charge in [0.1, 0.15) is 5.69 Å². The maximum atomic E-state index is 12.6. The van der Waals surface area contributed by atoms with Crippen molar-refractivity contribution in [3.05, 3.63) is 65.6 Å². The second-order valence-electron chi connectivity index (χ2n) is 10.6. The summed E-state index contributed by atoms with van der Waals surface area (Å²) in [5.41, 5.74) is 4.60. The van der Waals surface area contributed by atoms with Crippen LogP contribution in [0.5, 0.6) is 0 Å². The number of hydrogen-bond donors (Lipinski definition) is 0. The molecule has 34 heavy (non-hydrogen) atoms. The highest BCUT2D eigenvalue weighted by molar-refractivity contribution is 5.96. The molecule has 0 fully saturated rings. The van der Waals surface area contributed by atoms with Gasteiger partial charge in [-0.3, -0.25) is 4.98 Å². The predicted octanol–water partition coefficient (Wildman–Crippen LogP) is 7.97. The van der Waals surface area contributed by atoms with Gasteiger partial charge < -0.3 is 9.30 Å². The molecule has 0 saturated carbocycles. The van der Waals surface area contributed by atoms with Gasteiger partial charge in [-0.25, -0.2) is 4.79 Å². The van der Waals surface area contributed by atoms with Crippen molar-refractivity contribution in [2.24, 2.45) is 5.41 Å². The van der Waals surface area contributed by atoms with Gasteiger partial charge >= 0.3 is 5.97 Å². The number of unbranched alkanes of at least 4 members (excludes halogenated alkanes) is 6. The molecular formula is C30H42N2O2. The molecular weight excluding hydrogens is 420 g/mol. The molecule has 0 saturated heterocycles. The van der Waals surface area contributed by atoms with E-state index in [1.165, 1.54) is 56.9 Å². The standard InChI is InChI=1S/C30H42N2O2/c1-5-34-29(33)28-22-26-21-24(13-11-9-7-6-8-10-12-18-30(2,3)4)14-15-27(26)32(28)23-25-16-19-31-20-17-25/h14-17,19-22H,5-13,18,23H2,1-4H3. The summed E-state index contributed by atoms with van der Waals surface area (Å²) in [6.07, 6.45) is 15.3. The second kappa shape index (κ2) is 12.7. The Morgan fingerprint density at radius 3 is 2.24 bits per heavy atom. The molecule has 184 valence electrons. The van der Waals surface area contributed by atoms with Crippen LogP contribution in [-0.4, -0.2) is 22.1 Å². The number of rotatable bonds is 13. The first-order chi connectivity index (χ1) is 16.4. The lowest BCUT2D eigenvalue weighted by atomic mass is 9.89. The van der Waals surface area contributed by atoms with E-state index in [1.54, 1.807) is 12.4 Å². The number of aryl methyl sites for hydroxylation is 1. The zero-order chi connectivity index (χ0) is 24.4. The molecule has 0 radical (unpaired) electrons. The van der Waals surface area contributed by atoms with Gasteiger partial charge in [-0.1, -0.05) is 65.4 Å². The Bertz CT molecular complexity index is 1030. The number of esters is 1. The average Bonchev–Trinajstić information content (AvgIpc) is 3.16. The third-order valence-corrected chi connectivity index (χ3v) is 6.43. The van der Waals surface area contributed by atoms with Crippen LogP contribution >= 0.6 is 0 Å². The average molecular weight is 463 g/mol. The van der Waals surface area contributed by atoms with Gasteiger partial charge in [-0.15, -0.1) is 0 Å². The van der Waals surface area contributed by atoms with Crippen LogP contribution in [0.15, 0.2) is 48.8 Å². The number of nitrogens with zero attached hydrogens (tertiary/aromatic N) is 2. The van der Waals surface area contributed by atoms with Crippen LogP contribution in [0, 0.1) is 5.41 Å². The normalized spacial score (nSPS) is 11.8. The number of benzene rings is 1. The molecule has 4 heteroatoms. The van der Waals surface area contributed by atoms with E-state index in [1.807, 2.05) is 25.1 Å². The number of aromatic nitrogens is 2. The summed E-state index contributed by atoms with van der Waals surface area (Å²) in [7, 11) is 0. The first kappa shape index (κ1) is 26.0. The molecule has 0 amide bonds. The summed E-state index contributed by atoms with van der Waals surface area (Å²) >= 11 is 0. The van der Waals surface area contributed by atoms with Crippen molar-refractivity contribution < 1.29 is 9.53 Å². The molecule has 3 rings (SSSR count). The molecule has 0 atom stereocenters. The highest BCUT2D eigenvalue weighted by Gasteiger charge is 2.17. The van der Waals surface area contributed by atoms with Crippen LogP contribution < -0.4 is 0 Å². The van der Waals surface area contributed by atoms with Crippen molar-refractivity contribution in [1.82, 2.24) is 9.55 Å². The van der Waals surface area contributed by atoms with E-state index in [0.717, 1.165) is 22.9 Å². The summed E-state index contributed by atoms with van der Waals surface area (Å²) in [6.45, 7) is 9.83. The molecule has 0 aliphatic rings. The zero-order valence-electron chi connectivity index (χ0n) is 21.6. The minimum atomic E-state index is -0.267. The Balaban J connectivity index is 1.56. The quantitative estimate of drug-likeness (QED) is 0.191. The van der Waals surface area contributed by atoms with Gasteiger partial charge in [0.15, 0.2) is 0 Å². The molecule has 3 aromatic rings. The van der Waals surface area contributed by atoms with Gasteiger partial charge in [0.05, 0.1) is 6.61 Å². The maximum absolute atomic E-state index is 12.6. The van der Waals surface area contributed by atoms with E-state index >= 15 is 0 Å². The molecule has 0 unspecified atom stereocenters. The van der Waals surface area contributed by atoms with Crippen molar-refractivity contribution in [3.8, 4) is 0 Å². The number of fused-ring (bicyclic) bond motifs is 1. The van der Waals surface area contributed by atoms with Crippen LogP contribution in [0.2, 0.25) is 0 Å². The highest BCUT2D eigenvalue weighted by atomic mass is 16.5. The van der Waals surface area contributed by atoms with E-state index in [0.29, 0.717) is 24.3 Å². The summed E-state index contributed by atoms with van der Waals surface area (Å²) in [6, 6.07) is 12.6. The van der Waals surface area contributed by atoms with Gasteiger partial charge in [0.2, 0.25) is 0 Å². The number of carbonyl (C=O) groups excluding carboxylic acids is 1. The van der Waals surface area contributed by atoms with E-state index in [9.17, 15) is 4.79 Å². The molecule has 0 N–H and O–H groups in total. The smallest absolute Gasteiger partial charge is 0.354 e. The van der Waals surface area contributed by atoms with Crippen molar-refractivity contribution in [1.29, 1.82) is 0 Å². The lowest BCUT2D eigenvalue weighted by Crippen LogP contribution is -2.12. The molecule has 2 heterocycles. The first-order valence-electron chi connectivity index (χ1n) is 13.1. The van der Waals surface area contributed by atoms with Gasteiger partial charge in [-0.2, -0.15) is 0 Å². The van der Waals surface area contributed by atoms with Crippen LogP contribution in [-0.2, 0) is 17.7 Å². The fraction of sp³-hybridized carbons (Fsp3) is 0.533. The third-order valence-electron chi connectivity index (χ3n) is 6.43. The zero-order valence-corrected chi connectivity index (χ0v) is 21.6. The van der Waals surface area contributed by atoms with Crippen LogP contribution in [0.1, 0.15) is 101 Å². The lowest BCUT2D eigenvalue weighted by molar-refractivity contribution is 0.0515. The SMILES string of the molecule is CCOC(=O)c1cc2cc(CCCCCCCCCC(C)(C)C)ccc2n1Cc1ccncc1. The summed E-state index contributed by atoms with van der Waals surface area (Å²) < 4.78 is 7.40. The molecule has 4 nitrogen and oxygen atoms in total. The van der Waals surface area contributed by atoms with E-state index in [4.69, 9.17) is 4.74 Å². The minimum absolute atomic E-state index is 0.267. The van der Waals surface area contributed by atoms with Crippen LogP contribution in [0.3, 0.4) is 0 Å². The first-order valence-corrected chi connectivity index (χ1v) is 13.1. The fourth-order valence-electron chi connectivity index (χ4n) is 4.56. The molecule has 0 aliphatic carbocycles. The van der Waals surface area contributed by atoms with Crippen molar-refractivity contribution in [2.75, 3.05) is 6.61 Å². The minimum Gasteiger partial charge on any atom is -0.461 e. The van der Waals surface area contributed by atoms with E-state index < -0.39 is 0 Å². The Kier molecular flexibility index (Phi) is 9.74. The Morgan fingerprint density at radius 2 is 1.56 bits per heavy atom. The van der Waals surface area contributed by atoms with Crippen molar-refractivity contribution in [3.63, 3.8) is 0 Å². The Hall–Kier alpha value is -2.62. The topological polar surface area (TPSA) is 44.1 Å². The van der Waals surface area contributed by atoms with Crippen LogP contribution in [0.25, 0.3) is 10.9 Å². The second-order valence-corrected chi connectivity index (χ2v) is 10.6. The number of pyridine rings is 1. The number of ether oxygens (including phenoxy) is 1. The predicted molar refractivity (Wildman–Crippen MR) is 141 cm³/mol. The Morgan fingerprint density at radius 1 is 0.882 bits per heavy atom. The largest absolute Gasteiger partial charge is 0.461 e. The maximum Gasteiger partial charge on any atom is 0.354 e. The Labute approximate surface area is 205 Å². The van der Waals surface area contributed by atoms with Crippen molar-refractivity contribution in [2.45, 2.75) is 92.0 Å². The highest BCUT2D eigenvalue weighted by Crippen LogP contribution is 2.25. The molecule has 2 aromatic heterocycles. The monoisotopic (exact) mass is 462 g/mol. The van der Waals surface area contributed by atoms with Gasteiger partial charge in [0.25, 0.3) is 0 Å². The fourth-order valence-corrected chi connectivity index (χ4v) is 4.56. The third kappa shape index (κ3) is 8.00. The number of hydrogen-bond acceptors (Lipinski definition) is 3. The molecule has 1 aromatic carbocycles. The van der Waals surface area contributed by atoms with E-state index in [2.05, 4.69) is 48.5 Å². The van der Waals surface area contributed by atoms with Gasteiger partial charge in [0, 0.05) is 29.8 Å². The summed E-state index contributed by atoms with van der Waals surface area (Å²) in [5, 5.41) is 1.11. The van der Waals surface area contributed by atoms with Crippen molar-refractivity contribution >= 4 is 16.9 Å². The lowest BCUT2D eigenvalue weighted by Gasteiger charge is -2.17. The van der Waals surface area contributed by atoms with Gasteiger partial charge in [-0.05, 0) is 73.1 Å². The van der Waals surface area contributed by atoms with E-state index in [-0.39, 0.29) is 5.97 Å². The van der Waals surface area contributed by atoms with Crippen LogP contribution in [0.4, 0.5) is 0 Å². The molecule has 0 spiro atoms. The summed E-state index contributed by atoms with van der Waals surface area (Å²) in [4.78, 5) is 16.7. The molecule has 0 aliphatic heterocycles. The molecule has 0 bridgehead atoms.